The lowest BCUT2D eigenvalue weighted by molar-refractivity contribution is -0.133. The van der Waals surface area contributed by atoms with Crippen molar-refractivity contribution >= 4 is 11.7 Å². The van der Waals surface area contributed by atoms with E-state index >= 15 is 0 Å². The molecule has 2 aromatic carbocycles. The summed E-state index contributed by atoms with van der Waals surface area (Å²) in [5.74, 6) is 2.00. The summed E-state index contributed by atoms with van der Waals surface area (Å²) in [6.07, 6.45) is 0. The first-order chi connectivity index (χ1) is 15.5. The van der Waals surface area contributed by atoms with E-state index in [0.717, 1.165) is 41.5 Å². The van der Waals surface area contributed by atoms with Gasteiger partial charge in [-0.15, -0.1) is 10.2 Å². The smallest absolute Gasteiger partial charge is 0.260 e. The van der Waals surface area contributed by atoms with Crippen molar-refractivity contribution in [3.63, 3.8) is 0 Å². The number of piperazine rings is 1. The standard InChI is InChI=1S/C26H30N4O2/c1-19(2)22-6-4-5-7-24(22)32-18-26(31)30-16-14-29(15-17-30)25-13-12-23(27-28-25)21-10-8-20(3)9-11-21/h4-13,19H,14-18H2,1-3H3. The van der Waals surface area contributed by atoms with Gasteiger partial charge in [0.15, 0.2) is 12.4 Å². The van der Waals surface area contributed by atoms with Crippen molar-refractivity contribution in [3.05, 3.63) is 71.8 Å². The Hall–Kier alpha value is -3.41. The van der Waals surface area contributed by atoms with Crippen LogP contribution < -0.4 is 9.64 Å². The number of amides is 1. The highest BCUT2D eigenvalue weighted by molar-refractivity contribution is 5.78. The van der Waals surface area contributed by atoms with Crippen LogP contribution in [0.15, 0.2) is 60.7 Å². The van der Waals surface area contributed by atoms with Crippen molar-refractivity contribution in [3.8, 4) is 17.0 Å². The van der Waals surface area contributed by atoms with Crippen LogP contribution in [0, 0.1) is 6.92 Å². The predicted molar refractivity (Wildman–Crippen MR) is 127 cm³/mol. The maximum Gasteiger partial charge on any atom is 0.260 e. The molecule has 0 bridgehead atoms. The van der Waals surface area contributed by atoms with Crippen LogP contribution in [0.2, 0.25) is 0 Å². The first-order valence-corrected chi connectivity index (χ1v) is 11.2. The van der Waals surface area contributed by atoms with Gasteiger partial charge in [0.05, 0.1) is 5.69 Å². The zero-order valence-corrected chi connectivity index (χ0v) is 19.0. The third kappa shape index (κ3) is 5.07. The fraction of sp³-hybridized carbons (Fsp3) is 0.346. The summed E-state index contributed by atoms with van der Waals surface area (Å²) in [6.45, 7) is 9.14. The van der Waals surface area contributed by atoms with Crippen LogP contribution in [0.4, 0.5) is 5.82 Å². The molecule has 4 rings (SSSR count). The highest BCUT2D eigenvalue weighted by Crippen LogP contribution is 2.26. The number of aromatic nitrogens is 2. The molecule has 1 saturated heterocycles. The predicted octanol–water partition coefficient (Wildman–Crippen LogP) is 4.30. The van der Waals surface area contributed by atoms with Crippen molar-refractivity contribution in [2.24, 2.45) is 0 Å². The van der Waals surface area contributed by atoms with Gasteiger partial charge < -0.3 is 14.5 Å². The average molecular weight is 431 g/mol. The van der Waals surface area contributed by atoms with Crippen molar-refractivity contribution in [1.82, 2.24) is 15.1 Å². The summed E-state index contributed by atoms with van der Waals surface area (Å²) in [4.78, 5) is 16.7. The Labute approximate surface area is 189 Å². The fourth-order valence-electron chi connectivity index (χ4n) is 3.88. The lowest BCUT2D eigenvalue weighted by atomic mass is 10.0. The molecule has 0 spiro atoms. The molecule has 166 valence electrons. The van der Waals surface area contributed by atoms with E-state index < -0.39 is 0 Å². The summed E-state index contributed by atoms with van der Waals surface area (Å²) >= 11 is 0. The van der Waals surface area contributed by atoms with Gasteiger partial charge in [-0.1, -0.05) is 61.9 Å². The van der Waals surface area contributed by atoms with Crippen LogP contribution >= 0.6 is 0 Å². The fourth-order valence-corrected chi connectivity index (χ4v) is 3.88. The molecule has 1 amide bonds. The second-order valence-corrected chi connectivity index (χ2v) is 8.49. The minimum Gasteiger partial charge on any atom is -0.483 e. The number of benzene rings is 2. The van der Waals surface area contributed by atoms with E-state index in [1.54, 1.807) is 0 Å². The number of para-hydroxylation sites is 1. The first-order valence-electron chi connectivity index (χ1n) is 11.2. The summed E-state index contributed by atoms with van der Waals surface area (Å²) in [5.41, 5.74) is 4.27. The SMILES string of the molecule is Cc1ccc(-c2ccc(N3CCN(C(=O)COc4ccccc4C(C)C)CC3)nn2)cc1. The normalized spacial score (nSPS) is 14.0. The zero-order chi connectivity index (χ0) is 22.5. The minimum absolute atomic E-state index is 0.0176. The Morgan fingerprint density at radius 3 is 2.31 bits per heavy atom. The Morgan fingerprint density at radius 1 is 0.938 bits per heavy atom. The molecule has 2 heterocycles. The largest absolute Gasteiger partial charge is 0.483 e. The maximum absolute atomic E-state index is 12.7. The molecule has 3 aromatic rings. The van der Waals surface area contributed by atoms with Gasteiger partial charge in [-0.3, -0.25) is 4.79 Å². The van der Waals surface area contributed by atoms with Crippen molar-refractivity contribution in [1.29, 1.82) is 0 Å². The van der Waals surface area contributed by atoms with Gasteiger partial charge in [-0.2, -0.15) is 0 Å². The molecule has 0 saturated carbocycles. The first kappa shape index (κ1) is 21.8. The quantitative estimate of drug-likeness (QED) is 0.583. The molecule has 0 atom stereocenters. The number of aryl methyl sites for hydroxylation is 1. The molecular weight excluding hydrogens is 400 g/mol. The molecule has 0 aliphatic carbocycles. The van der Waals surface area contributed by atoms with Crippen molar-refractivity contribution < 1.29 is 9.53 Å². The molecule has 0 N–H and O–H groups in total. The monoisotopic (exact) mass is 430 g/mol. The Bertz CT molecular complexity index is 1040. The van der Waals surface area contributed by atoms with Crippen LogP contribution in [-0.2, 0) is 4.79 Å². The summed E-state index contributed by atoms with van der Waals surface area (Å²) in [6, 6.07) is 20.2. The minimum atomic E-state index is 0.0176. The number of anilines is 1. The lowest BCUT2D eigenvalue weighted by Crippen LogP contribution is -2.50. The third-order valence-corrected chi connectivity index (χ3v) is 5.85. The summed E-state index contributed by atoms with van der Waals surface area (Å²) in [5, 5.41) is 8.82. The van der Waals surface area contributed by atoms with Crippen LogP contribution in [-0.4, -0.2) is 53.8 Å². The molecule has 1 aliphatic heterocycles. The van der Waals surface area contributed by atoms with E-state index in [1.807, 2.05) is 41.3 Å². The topological polar surface area (TPSA) is 58.6 Å². The molecule has 1 fully saturated rings. The number of carbonyl (C=O) groups is 1. The second-order valence-electron chi connectivity index (χ2n) is 8.49. The number of rotatable bonds is 6. The second kappa shape index (κ2) is 9.81. The van der Waals surface area contributed by atoms with E-state index in [9.17, 15) is 4.79 Å². The summed E-state index contributed by atoms with van der Waals surface area (Å²) in [7, 11) is 0. The van der Waals surface area contributed by atoms with Crippen molar-refractivity contribution in [2.45, 2.75) is 26.7 Å². The number of hydrogen-bond acceptors (Lipinski definition) is 5. The Kier molecular flexibility index (Phi) is 6.69. The van der Waals surface area contributed by atoms with E-state index in [1.165, 1.54) is 5.56 Å². The number of nitrogens with zero attached hydrogens (tertiary/aromatic N) is 4. The number of carbonyl (C=O) groups excluding carboxylic acids is 1. The van der Waals surface area contributed by atoms with E-state index in [4.69, 9.17) is 4.74 Å². The molecule has 1 aromatic heterocycles. The van der Waals surface area contributed by atoms with Gasteiger partial charge in [0.1, 0.15) is 5.75 Å². The molecule has 6 nitrogen and oxygen atoms in total. The summed E-state index contributed by atoms with van der Waals surface area (Å²) < 4.78 is 5.86. The highest BCUT2D eigenvalue weighted by Gasteiger charge is 2.23. The molecule has 32 heavy (non-hydrogen) atoms. The van der Waals surface area contributed by atoms with Gasteiger partial charge in [-0.25, -0.2) is 0 Å². The molecule has 1 aliphatic rings. The van der Waals surface area contributed by atoms with Crippen LogP contribution in [0.3, 0.4) is 0 Å². The van der Waals surface area contributed by atoms with Gasteiger partial charge in [0.2, 0.25) is 0 Å². The number of hydrogen-bond donors (Lipinski definition) is 0. The van der Waals surface area contributed by atoms with Crippen molar-refractivity contribution in [2.75, 3.05) is 37.7 Å². The highest BCUT2D eigenvalue weighted by atomic mass is 16.5. The Morgan fingerprint density at radius 2 is 1.66 bits per heavy atom. The average Bonchev–Trinajstić information content (AvgIpc) is 2.83. The van der Waals surface area contributed by atoms with Crippen LogP contribution in [0.25, 0.3) is 11.3 Å². The van der Waals surface area contributed by atoms with E-state index in [2.05, 4.69) is 60.1 Å². The Balaban J connectivity index is 1.30. The molecule has 0 radical (unpaired) electrons. The number of ether oxygens (including phenoxy) is 1. The van der Waals surface area contributed by atoms with E-state index in [-0.39, 0.29) is 12.5 Å². The van der Waals surface area contributed by atoms with E-state index in [0.29, 0.717) is 19.0 Å². The molecule has 6 heteroatoms. The van der Waals surface area contributed by atoms with Gasteiger partial charge in [0, 0.05) is 31.7 Å². The zero-order valence-electron chi connectivity index (χ0n) is 19.0. The lowest BCUT2D eigenvalue weighted by Gasteiger charge is -2.35. The molecule has 0 unspecified atom stereocenters. The van der Waals surface area contributed by atoms with Gasteiger partial charge in [-0.05, 0) is 36.6 Å². The van der Waals surface area contributed by atoms with Crippen LogP contribution in [0.1, 0.15) is 30.9 Å². The third-order valence-electron chi connectivity index (χ3n) is 5.85. The van der Waals surface area contributed by atoms with Crippen LogP contribution in [0.5, 0.6) is 5.75 Å². The molecular formula is C26H30N4O2. The maximum atomic E-state index is 12.7. The van der Waals surface area contributed by atoms with Gasteiger partial charge >= 0.3 is 0 Å². The van der Waals surface area contributed by atoms with Gasteiger partial charge in [0.25, 0.3) is 5.91 Å².